The highest BCUT2D eigenvalue weighted by molar-refractivity contribution is 9.10. The molecule has 4 heteroatoms. The summed E-state index contributed by atoms with van der Waals surface area (Å²) in [5.74, 6) is 0.824. The van der Waals surface area contributed by atoms with Gasteiger partial charge in [0.15, 0.2) is 5.95 Å². The lowest BCUT2D eigenvalue weighted by molar-refractivity contribution is 1.08. The van der Waals surface area contributed by atoms with Crippen LogP contribution in [-0.4, -0.2) is 17.0 Å². The molecular weight excluding hydrogens is 266 g/mol. The number of H-pyrrole nitrogens is 1. The van der Waals surface area contributed by atoms with E-state index in [1.54, 1.807) is 0 Å². The molecule has 1 aromatic heterocycles. The van der Waals surface area contributed by atoms with Crippen molar-refractivity contribution in [2.75, 3.05) is 12.4 Å². The highest BCUT2D eigenvalue weighted by atomic mass is 79.9. The molecule has 0 amide bonds. The van der Waals surface area contributed by atoms with Crippen molar-refractivity contribution in [1.29, 1.82) is 0 Å². The first-order valence-electron chi connectivity index (χ1n) is 5.16. The molecule has 16 heavy (non-hydrogen) atoms. The first-order valence-corrected chi connectivity index (χ1v) is 5.96. The number of imidazole rings is 1. The Morgan fingerprint density at radius 3 is 2.56 bits per heavy atom. The standard InChI is InChI=1S/C12H14BrN3/c1-8-11(16-12(14-2)15-8)7-9-3-5-10(13)6-4-9/h3-6H,7H2,1-2H3,(H2,14,15,16). The lowest BCUT2D eigenvalue weighted by Gasteiger charge is -1.99. The van der Waals surface area contributed by atoms with Crippen LogP contribution in [0.25, 0.3) is 0 Å². The molecule has 1 aromatic carbocycles. The lowest BCUT2D eigenvalue weighted by atomic mass is 10.1. The number of benzene rings is 1. The summed E-state index contributed by atoms with van der Waals surface area (Å²) in [5.41, 5.74) is 3.47. The Labute approximate surface area is 103 Å². The zero-order chi connectivity index (χ0) is 11.5. The molecule has 3 nitrogen and oxygen atoms in total. The van der Waals surface area contributed by atoms with Gasteiger partial charge in [-0.2, -0.15) is 0 Å². The quantitative estimate of drug-likeness (QED) is 0.907. The number of hydrogen-bond donors (Lipinski definition) is 2. The van der Waals surface area contributed by atoms with Crippen LogP contribution in [0.15, 0.2) is 28.7 Å². The summed E-state index contributed by atoms with van der Waals surface area (Å²) in [6.07, 6.45) is 0.858. The van der Waals surface area contributed by atoms with Crippen LogP contribution in [-0.2, 0) is 6.42 Å². The SMILES string of the molecule is CNc1nc(Cc2ccc(Br)cc2)c(C)[nH]1. The predicted octanol–water partition coefficient (Wildman–Crippen LogP) is 3.11. The first kappa shape index (κ1) is 11.2. The minimum Gasteiger partial charge on any atom is -0.359 e. The van der Waals surface area contributed by atoms with Crippen LogP contribution in [0.5, 0.6) is 0 Å². The maximum absolute atomic E-state index is 4.47. The van der Waals surface area contributed by atoms with Crippen LogP contribution in [0, 0.1) is 6.92 Å². The van der Waals surface area contributed by atoms with Gasteiger partial charge in [0.25, 0.3) is 0 Å². The summed E-state index contributed by atoms with van der Waals surface area (Å²) < 4.78 is 1.10. The third kappa shape index (κ3) is 2.44. The van der Waals surface area contributed by atoms with E-state index in [0.29, 0.717) is 0 Å². The maximum atomic E-state index is 4.47. The fourth-order valence-corrected chi connectivity index (χ4v) is 1.85. The monoisotopic (exact) mass is 279 g/mol. The number of nitrogens with one attached hydrogen (secondary N) is 2. The molecule has 0 aliphatic carbocycles. The van der Waals surface area contributed by atoms with E-state index in [2.05, 4.69) is 55.5 Å². The fourth-order valence-electron chi connectivity index (χ4n) is 1.58. The molecule has 0 atom stereocenters. The lowest BCUT2D eigenvalue weighted by Crippen LogP contribution is -1.92. The smallest absolute Gasteiger partial charge is 0.200 e. The average Bonchev–Trinajstić information content (AvgIpc) is 2.63. The molecule has 0 aliphatic heterocycles. The van der Waals surface area contributed by atoms with E-state index in [1.165, 1.54) is 5.56 Å². The zero-order valence-electron chi connectivity index (χ0n) is 9.34. The van der Waals surface area contributed by atoms with Crippen molar-refractivity contribution in [3.8, 4) is 0 Å². The summed E-state index contributed by atoms with van der Waals surface area (Å²) >= 11 is 3.43. The van der Waals surface area contributed by atoms with Gasteiger partial charge in [-0.05, 0) is 24.6 Å². The van der Waals surface area contributed by atoms with Crippen molar-refractivity contribution in [3.63, 3.8) is 0 Å². The zero-order valence-corrected chi connectivity index (χ0v) is 10.9. The van der Waals surface area contributed by atoms with Gasteiger partial charge in [0.05, 0.1) is 5.69 Å². The summed E-state index contributed by atoms with van der Waals surface area (Å²) in [7, 11) is 1.86. The Bertz CT molecular complexity index is 474. The van der Waals surface area contributed by atoms with Crippen molar-refractivity contribution in [2.24, 2.45) is 0 Å². The Hall–Kier alpha value is -1.29. The van der Waals surface area contributed by atoms with Gasteiger partial charge in [0.1, 0.15) is 0 Å². The van der Waals surface area contributed by atoms with Gasteiger partial charge in [-0.3, -0.25) is 0 Å². The van der Waals surface area contributed by atoms with Crippen molar-refractivity contribution >= 4 is 21.9 Å². The molecule has 0 saturated carbocycles. The van der Waals surface area contributed by atoms with Gasteiger partial charge in [-0.15, -0.1) is 0 Å². The van der Waals surface area contributed by atoms with E-state index in [9.17, 15) is 0 Å². The van der Waals surface area contributed by atoms with Crippen LogP contribution < -0.4 is 5.32 Å². The van der Waals surface area contributed by atoms with Crippen molar-refractivity contribution in [3.05, 3.63) is 45.7 Å². The maximum Gasteiger partial charge on any atom is 0.200 e. The van der Waals surface area contributed by atoms with Crippen LogP contribution in [0.1, 0.15) is 17.0 Å². The van der Waals surface area contributed by atoms with Gasteiger partial charge in [-0.25, -0.2) is 4.98 Å². The number of anilines is 1. The average molecular weight is 280 g/mol. The van der Waals surface area contributed by atoms with Gasteiger partial charge in [-0.1, -0.05) is 28.1 Å². The van der Waals surface area contributed by atoms with Crippen LogP contribution in [0.3, 0.4) is 0 Å². The predicted molar refractivity (Wildman–Crippen MR) is 69.8 cm³/mol. The highest BCUT2D eigenvalue weighted by Crippen LogP contribution is 2.16. The molecule has 2 N–H and O–H groups in total. The largest absolute Gasteiger partial charge is 0.359 e. The summed E-state index contributed by atoms with van der Waals surface area (Å²) in [4.78, 5) is 7.66. The third-order valence-corrected chi connectivity index (χ3v) is 3.04. The number of halogens is 1. The Morgan fingerprint density at radius 2 is 2.00 bits per heavy atom. The molecule has 2 aromatic rings. The second-order valence-electron chi connectivity index (χ2n) is 3.71. The van der Waals surface area contributed by atoms with E-state index in [4.69, 9.17) is 0 Å². The second kappa shape index (κ2) is 4.70. The number of hydrogen-bond acceptors (Lipinski definition) is 2. The van der Waals surface area contributed by atoms with Gasteiger partial charge < -0.3 is 10.3 Å². The van der Waals surface area contributed by atoms with E-state index in [-0.39, 0.29) is 0 Å². The van der Waals surface area contributed by atoms with E-state index in [0.717, 1.165) is 28.2 Å². The van der Waals surface area contributed by atoms with Crippen LogP contribution >= 0.6 is 15.9 Å². The molecule has 0 saturated heterocycles. The Morgan fingerprint density at radius 1 is 1.31 bits per heavy atom. The van der Waals surface area contributed by atoms with E-state index in [1.807, 2.05) is 14.0 Å². The first-order chi connectivity index (χ1) is 7.69. The second-order valence-corrected chi connectivity index (χ2v) is 4.63. The molecule has 2 rings (SSSR count). The Kier molecular flexibility index (Phi) is 3.29. The number of aromatic amines is 1. The minimum absolute atomic E-state index is 0.824. The van der Waals surface area contributed by atoms with Crippen LogP contribution in [0.4, 0.5) is 5.95 Å². The van der Waals surface area contributed by atoms with Gasteiger partial charge in [0.2, 0.25) is 0 Å². The van der Waals surface area contributed by atoms with Crippen LogP contribution in [0.2, 0.25) is 0 Å². The van der Waals surface area contributed by atoms with Crippen molar-refractivity contribution in [2.45, 2.75) is 13.3 Å². The Balaban J connectivity index is 2.19. The number of rotatable bonds is 3. The summed E-state index contributed by atoms with van der Waals surface area (Å²) in [6, 6.07) is 8.32. The molecule has 0 unspecified atom stereocenters. The molecule has 0 fully saturated rings. The fraction of sp³-hybridized carbons (Fsp3) is 0.250. The van der Waals surface area contributed by atoms with Crippen molar-refractivity contribution < 1.29 is 0 Å². The van der Waals surface area contributed by atoms with Crippen molar-refractivity contribution in [1.82, 2.24) is 9.97 Å². The molecular formula is C12H14BrN3. The summed E-state index contributed by atoms with van der Waals surface area (Å²) in [5, 5.41) is 3.01. The highest BCUT2D eigenvalue weighted by Gasteiger charge is 2.06. The molecule has 84 valence electrons. The molecule has 0 aliphatic rings. The number of nitrogens with zero attached hydrogens (tertiary/aromatic N) is 1. The van der Waals surface area contributed by atoms with E-state index >= 15 is 0 Å². The normalized spacial score (nSPS) is 10.4. The molecule has 0 radical (unpaired) electrons. The molecule has 1 heterocycles. The molecule has 0 bridgehead atoms. The van der Waals surface area contributed by atoms with Gasteiger partial charge >= 0.3 is 0 Å². The minimum atomic E-state index is 0.824. The van der Waals surface area contributed by atoms with E-state index < -0.39 is 0 Å². The van der Waals surface area contributed by atoms with Gasteiger partial charge in [0, 0.05) is 23.6 Å². The number of aryl methyl sites for hydroxylation is 1. The summed E-state index contributed by atoms with van der Waals surface area (Å²) in [6.45, 7) is 2.04. The third-order valence-electron chi connectivity index (χ3n) is 2.51. The topological polar surface area (TPSA) is 40.7 Å². The number of aromatic nitrogens is 2. The molecule has 0 spiro atoms.